The molecule has 15 heavy (non-hydrogen) atoms. The van der Waals surface area contributed by atoms with Crippen LogP contribution in [0.5, 0.6) is 0 Å². The highest BCUT2D eigenvalue weighted by atomic mass is 16.1. The number of ketones is 1. The number of benzene rings is 1. The predicted octanol–water partition coefficient (Wildman–Crippen LogP) is 1.93. The van der Waals surface area contributed by atoms with Crippen molar-refractivity contribution in [2.24, 2.45) is 5.92 Å². The summed E-state index contributed by atoms with van der Waals surface area (Å²) >= 11 is 0. The molecule has 1 fully saturated rings. The van der Waals surface area contributed by atoms with Gasteiger partial charge in [-0.25, -0.2) is 0 Å². The fourth-order valence-electron chi connectivity index (χ4n) is 2.33. The van der Waals surface area contributed by atoms with E-state index in [0.717, 1.165) is 37.9 Å². The van der Waals surface area contributed by atoms with E-state index in [2.05, 4.69) is 11.4 Å². The van der Waals surface area contributed by atoms with Crippen LogP contribution < -0.4 is 5.32 Å². The minimum Gasteiger partial charge on any atom is -0.312 e. The van der Waals surface area contributed by atoms with Crippen molar-refractivity contribution >= 4 is 5.78 Å². The van der Waals surface area contributed by atoms with Gasteiger partial charge in [0, 0.05) is 18.0 Å². The highest BCUT2D eigenvalue weighted by Crippen LogP contribution is 2.34. The molecule has 0 amide bonds. The smallest absolute Gasteiger partial charge is 0.166 e. The molecule has 2 aliphatic rings. The van der Waals surface area contributed by atoms with Gasteiger partial charge in [-0.15, -0.1) is 0 Å². The Bertz CT molecular complexity index is 407. The lowest BCUT2D eigenvalue weighted by Gasteiger charge is -2.19. The van der Waals surface area contributed by atoms with E-state index < -0.39 is 0 Å². The van der Waals surface area contributed by atoms with Crippen LogP contribution in [0.3, 0.4) is 0 Å². The predicted molar refractivity (Wildman–Crippen MR) is 58.9 cm³/mol. The molecule has 0 aromatic heterocycles. The third kappa shape index (κ3) is 1.59. The SMILES string of the molecule is O=C(c1cccc2c1CCNC2)C1CC1. The summed E-state index contributed by atoms with van der Waals surface area (Å²) in [6.45, 7) is 1.92. The van der Waals surface area contributed by atoms with Crippen LogP contribution in [0.4, 0.5) is 0 Å². The number of carbonyl (C=O) groups excluding carboxylic acids is 1. The molecule has 2 nitrogen and oxygen atoms in total. The van der Waals surface area contributed by atoms with Crippen LogP contribution in [0, 0.1) is 5.92 Å². The third-order valence-electron chi connectivity index (χ3n) is 3.35. The van der Waals surface area contributed by atoms with E-state index in [9.17, 15) is 4.79 Å². The summed E-state index contributed by atoms with van der Waals surface area (Å²) in [5.41, 5.74) is 3.61. The van der Waals surface area contributed by atoms with Crippen LogP contribution >= 0.6 is 0 Å². The molecule has 1 aromatic rings. The van der Waals surface area contributed by atoms with Crippen molar-refractivity contribution in [1.82, 2.24) is 5.32 Å². The Morgan fingerprint density at radius 2 is 2.20 bits per heavy atom. The molecule has 0 saturated heterocycles. The summed E-state index contributed by atoms with van der Waals surface area (Å²) < 4.78 is 0. The van der Waals surface area contributed by atoms with E-state index in [1.807, 2.05) is 12.1 Å². The molecule has 0 spiro atoms. The number of carbonyl (C=O) groups is 1. The molecule has 2 heteroatoms. The molecule has 1 aliphatic heterocycles. The average Bonchev–Trinajstić information content (AvgIpc) is 3.11. The Balaban J connectivity index is 2.02. The molecule has 0 radical (unpaired) electrons. The first-order valence-electron chi connectivity index (χ1n) is 5.72. The number of hydrogen-bond acceptors (Lipinski definition) is 2. The monoisotopic (exact) mass is 201 g/mol. The fourth-order valence-corrected chi connectivity index (χ4v) is 2.33. The quantitative estimate of drug-likeness (QED) is 0.741. The van der Waals surface area contributed by atoms with Crippen molar-refractivity contribution in [2.75, 3.05) is 6.54 Å². The molecule has 1 N–H and O–H groups in total. The van der Waals surface area contributed by atoms with Gasteiger partial charge in [0.1, 0.15) is 0 Å². The number of rotatable bonds is 2. The van der Waals surface area contributed by atoms with Crippen molar-refractivity contribution in [2.45, 2.75) is 25.8 Å². The molecule has 0 atom stereocenters. The molecule has 3 rings (SSSR count). The number of nitrogens with one attached hydrogen (secondary N) is 1. The maximum Gasteiger partial charge on any atom is 0.166 e. The molecule has 78 valence electrons. The first-order valence-corrected chi connectivity index (χ1v) is 5.72. The van der Waals surface area contributed by atoms with Gasteiger partial charge < -0.3 is 5.32 Å². The second-order valence-electron chi connectivity index (χ2n) is 4.51. The molecule has 1 heterocycles. The lowest BCUT2D eigenvalue weighted by molar-refractivity contribution is 0.0966. The zero-order valence-electron chi connectivity index (χ0n) is 8.75. The second kappa shape index (κ2) is 3.46. The zero-order chi connectivity index (χ0) is 10.3. The van der Waals surface area contributed by atoms with Crippen molar-refractivity contribution in [3.05, 3.63) is 34.9 Å². The molecule has 1 saturated carbocycles. The molecule has 1 aliphatic carbocycles. The van der Waals surface area contributed by atoms with Gasteiger partial charge in [-0.05, 0) is 36.9 Å². The fraction of sp³-hybridized carbons (Fsp3) is 0.462. The minimum atomic E-state index is 0.339. The van der Waals surface area contributed by atoms with Crippen molar-refractivity contribution in [3.8, 4) is 0 Å². The Labute approximate surface area is 89.7 Å². The van der Waals surface area contributed by atoms with Gasteiger partial charge in [-0.3, -0.25) is 4.79 Å². The van der Waals surface area contributed by atoms with Crippen LogP contribution in [0.2, 0.25) is 0 Å². The lowest BCUT2D eigenvalue weighted by atomic mass is 9.92. The second-order valence-corrected chi connectivity index (χ2v) is 4.51. The topological polar surface area (TPSA) is 29.1 Å². The van der Waals surface area contributed by atoms with Gasteiger partial charge in [0.05, 0.1) is 0 Å². The number of Topliss-reactive ketones (excluding diaryl/α,β-unsaturated/α-hetero) is 1. The van der Waals surface area contributed by atoms with Crippen molar-refractivity contribution in [1.29, 1.82) is 0 Å². The summed E-state index contributed by atoms with van der Waals surface area (Å²) in [5, 5.41) is 3.34. The van der Waals surface area contributed by atoms with Gasteiger partial charge in [-0.1, -0.05) is 18.2 Å². The van der Waals surface area contributed by atoms with Crippen LogP contribution in [0.15, 0.2) is 18.2 Å². The van der Waals surface area contributed by atoms with Crippen LogP contribution in [0.25, 0.3) is 0 Å². The van der Waals surface area contributed by atoms with E-state index in [1.165, 1.54) is 11.1 Å². The van der Waals surface area contributed by atoms with Crippen LogP contribution in [0.1, 0.15) is 34.3 Å². The highest BCUT2D eigenvalue weighted by Gasteiger charge is 2.32. The Morgan fingerprint density at radius 3 is 3.00 bits per heavy atom. The number of hydrogen-bond donors (Lipinski definition) is 1. The normalized spacial score (nSPS) is 19.7. The maximum atomic E-state index is 12.1. The number of fused-ring (bicyclic) bond motifs is 1. The van der Waals surface area contributed by atoms with E-state index in [1.54, 1.807) is 0 Å². The summed E-state index contributed by atoms with van der Waals surface area (Å²) in [6, 6.07) is 6.15. The Hall–Kier alpha value is -1.15. The van der Waals surface area contributed by atoms with Gasteiger partial charge >= 0.3 is 0 Å². The van der Waals surface area contributed by atoms with E-state index in [4.69, 9.17) is 0 Å². The zero-order valence-corrected chi connectivity index (χ0v) is 8.75. The van der Waals surface area contributed by atoms with Gasteiger partial charge in [0.15, 0.2) is 5.78 Å². The van der Waals surface area contributed by atoms with E-state index in [0.29, 0.717) is 11.7 Å². The van der Waals surface area contributed by atoms with Crippen LogP contribution in [-0.2, 0) is 13.0 Å². The first kappa shape index (κ1) is 9.10. The summed E-state index contributed by atoms with van der Waals surface area (Å²) in [7, 11) is 0. The minimum absolute atomic E-state index is 0.339. The van der Waals surface area contributed by atoms with Crippen molar-refractivity contribution < 1.29 is 4.79 Å². The highest BCUT2D eigenvalue weighted by molar-refractivity contribution is 6.00. The molecular formula is C13H15NO. The largest absolute Gasteiger partial charge is 0.312 e. The summed E-state index contributed by atoms with van der Waals surface area (Å²) in [4.78, 5) is 12.1. The summed E-state index contributed by atoms with van der Waals surface area (Å²) in [6.07, 6.45) is 3.20. The van der Waals surface area contributed by atoms with Crippen LogP contribution in [-0.4, -0.2) is 12.3 Å². The Morgan fingerprint density at radius 1 is 1.33 bits per heavy atom. The average molecular weight is 201 g/mol. The van der Waals surface area contributed by atoms with Gasteiger partial charge in [0.2, 0.25) is 0 Å². The van der Waals surface area contributed by atoms with Gasteiger partial charge in [0.25, 0.3) is 0 Å². The maximum absolute atomic E-state index is 12.1. The van der Waals surface area contributed by atoms with E-state index in [-0.39, 0.29) is 0 Å². The van der Waals surface area contributed by atoms with Gasteiger partial charge in [-0.2, -0.15) is 0 Å². The third-order valence-corrected chi connectivity index (χ3v) is 3.35. The summed E-state index contributed by atoms with van der Waals surface area (Å²) in [5.74, 6) is 0.722. The van der Waals surface area contributed by atoms with E-state index >= 15 is 0 Å². The molecular weight excluding hydrogens is 186 g/mol. The van der Waals surface area contributed by atoms with Crippen molar-refractivity contribution in [3.63, 3.8) is 0 Å². The molecule has 0 bridgehead atoms. The standard InChI is InChI=1S/C13H15NO/c15-13(9-4-5-9)12-3-1-2-10-8-14-7-6-11(10)12/h1-3,9,14H,4-8H2. The molecule has 0 unspecified atom stereocenters. The molecule has 1 aromatic carbocycles. The Kier molecular flexibility index (Phi) is 2.10. The lowest BCUT2D eigenvalue weighted by Crippen LogP contribution is -2.25. The first-order chi connectivity index (χ1) is 7.36.